The highest BCUT2D eigenvalue weighted by molar-refractivity contribution is 6.30. The van der Waals surface area contributed by atoms with Gasteiger partial charge in [0.05, 0.1) is 6.61 Å². The van der Waals surface area contributed by atoms with Crippen LogP contribution in [0.15, 0.2) is 24.3 Å². The van der Waals surface area contributed by atoms with E-state index in [4.69, 9.17) is 16.7 Å². The summed E-state index contributed by atoms with van der Waals surface area (Å²) in [5.41, 5.74) is 0.934. The molecule has 0 heterocycles. The van der Waals surface area contributed by atoms with E-state index in [1.54, 1.807) is 0 Å². The van der Waals surface area contributed by atoms with E-state index in [1.165, 1.54) is 0 Å². The number of aliphatic hydroxyl groups excluding tert-OH is 1. The van der Waals surface area contributed by atoms with Crippen LogP contribution in [0.3, 0.4) is 0 Å². The molecule has 3 heteroatoms. The topological polar surface area (TPSA) is 32.3 Å². The van der Waals surface area contributed by atoms with Gasteiger partial charge in [0.15, 0.2) is 0 Å². The molecule has 0 spiro atoms. The number of hydrogen-bond donors (Lipinski definition) is 2. The Morgan fingerprint density at radius 2 is 2.33 bits per heavy atom. The molecular weight excluding hydrogens is 174 g/mol. The van der Waals surface area contributed by atoms with E-state index in [1.807, 2.05) is 31.2 Å². The first-order valence-corrected chi connectivity index (χ1v) is 4.23. The SMILES string of the molecule is CC(CO)Nc1cccc(Cl)c1. The molecule has 0 radical (unpaired) electrons. The number of halogens is 1. The second-order valence-electron chi connectivity index (χ2n) is 2.74. The van der Waals surface area contributed by atoms with Gasteiger partial charge in [-0.3, -0.25) is 0 Å². The summed E-state index contributed by atoms with van der Waals surface area (Å²) in [6, 6.07) is 7.49. The Labute approximate surface area is 77.2 Å². The molecule has 1 rings (SSSR count). The first kappa shape index (κ1) is 9.36. The lowest BCUT2D eigenvalue weighted by atomic mass is 10.3. The van der Waals surface area contributed by atoms with Crippen LogP contribution in [0.5, 0.6) is 0 Å². The lowest BCUT2D eigenvalue weighted by Crippen LogP contribution is -2.18. The Bertz CT molecular complexity index is 252. The molecule has 0 aromatic heterocycles. The van der Waals surface area contributed by atoms with Crippen molar-refractivity contribution in [1.29, 1.82) is 0 Å². The molecule has 0 fully saturated rings. The highest BCUT2D eigenvalue weighted by atomic mass is 35.5. The summed E-state index contributed by atoms with van der Waals surface area (Å²) in [4.78, 5) is 0. The fourth-order valence-electron chi connectivity index (χ4n) is 0.908. The summed E-state index contributed by atoms with van der Waals surface area (Å²) in [6.07, 6.45) is 0. The molecular formula is C9H12ClNO. The third-order valence-electron chi connectivity index (χ3n) is 1.51. The number of nitrogens with one attached hydrogen (secondary N) is 1. The van der Waals surface area contributed by atoms with Gasteiger partial charge in [0, 0.05) is 16.8 Å². The van der Waals surface area contributed by atoms with Gasteiger partial charge in [0.2, 0.25) is 0 Å². The van der Waals surface area contributed by atoms with E-state index < -0.39 is 0 Å². The predicted octanol–water partition coefficient (Wildman–Crippen LogP) is 2.13. The van der Waals surface area contributed by atoms with Crippen molar-refractivity contribution >= 4 is 17.3 Å². The number of anilines is 1. The Balaban J connectivity index is 2.63. The third kappa shape index (κ3) is 2.72. The highest BCUT2D eigenvalue weighted by Gasteiger charge is 1.98. The number of rotatable bonds is 3. The fourth-order valence-corrected chi connectivity index (χ4v) is 1.10. The molecule has 0 saturated heterocycles. The molecule has 12 heavy (non-hydrogen) atoms. The van der Waals surface area contributed by atoms with Crippen LogP contribution in [0.2, 0.25) is 5.02 Å². The van der Waals surface area contributed by atoms with Crippen molar-refractivity contribution in [3.8, 4) is 0 Å². The molecule has 1 unspecified atom stereocenters. The van der Waals surface area contributed by atoms with Crippen molar-refractivity contribution in [2.75, 3.05) is 11.9 Å². The number of aliphatic hydroxyl groups is 1. The second kappa shape index (κ2) is 4.33. The molecule has 0 aliphatic heterocycles. The van der Waals surface area contributed by atoms with E-state index in [0.717, 1.165) is 5.69 Å². The average Bonchev–Trinajstić information content (AvgIpc) is 2.04. The second-order valence-corrected chi connectivity index (χ2v) is 3.17. The van der Waals surface area contributed by atoms with Gasteiger partial charge in [-0.05, 0) is 25.1 Å². The molecule has 0 bridgehead atoms. The first-order valence-electron chi connectivity index (χ1n) is 3.85. The van der Waals surface area contributed by atoms with E-state index in [9.17, 15) is 0 Å². The van der Waals surface area contributed by atoms with E-state index in [0.29, 0.717) is 5.02 Å². The smallest absolute Gasteiger partial charge is 0.0630 e. The van der Waals surface area contributed by atoms with E-state index >= 15 is 0 Å². The predicted molar refractivity (Wildman–Crippen MR) is 51.6 cm³/mol. The van der Waals surface area contributed by atoms with Crippen LogP contribution in [-0.4, -0.2) is 17.8 Å². The van der Waals surface area contributed by atoms with Gasteiger partial charge < -0.3 is 10.4 Å². The summed E-state index contributed by atoms with van der Waals surface area (Å²) in [6.45, 7) is 2.02. The number of benzene rings is 1. The van der Waals surface area contributed by atoms with Crippen molar-refractivity contribution in [3.63, 3.8) is 0 Å². The first-order chi connectivity index (χ1) is 5.72. The quantitative estimate of drug-likeness (QED) is 0.756. The van der Waals surface area contributed by atoms with E-state index in [-0.39, 0.29) is 12.6 Å². The van der Waals surface area contributed by atoms with Crippen LogP contribution in [-0.2, 0) is 0 Å². The summed E-state index contributed by atoms with van der Waals surface area (Å²) in [7, 11) is 0. The Morgan fingerprint density at radius 1 is 1.58 bits per heavy atom. The zero-order valence-corrected chi connectivity index (χ0v) is 7.67. The standard InChI is InChI=1S/C9H12ClNO/c1-7(6-12)11-9-4-2-3-8(10)5-9/h2-5,7,11-12H,6H2,1H3. The van der Waals surface area contributed by atoms with Crippen molar-refractivity contribution < 1.29 is 5.11 Å². The molecule has 1 atom stereocenters. The van der Waals surface area contributed by atoms with Gasteiger partial charge in [-0.1, -0.05) is 17.7 Å². The van der Waals surface area contributed by atoms with Gasteiger partial charge in [0.25, 0.3) is 0 Å². The summed E-state index contributed by atoms with van der Waals surface area (Å²) < 4.78 is 0. The maximum Gasteiger partial charge on any atom is 0.0630 e. The lowest BCUT2D eigenvalue weighted by molar-refractivity contribution is 0.281. The van der Waals surface area contributed by atoms with Gasteiger partial charge in [-0.2, -0.15) is 0 Å². The van der Waals surface area contributed by atoms with Crippen LogP contribution in [0.25, 0.3) is 0 Å². The molecule has 2 nitrogen and oxygen atoms in total. The van der Waals surface area contributed by atoms with Crippen molar-refractivity contribution in [2.24, 2.45) is 0 Å². The molecule has 0 aliphatic carbocycles. The van der Waals surface area contributed by atoms with Crippen LogP contribution < -0.4 is 5.32 Å². The zero-order chi connectivity index (χ0) is 8.97. The third-order valence-corrected chi connectivity index (χ3v) is 1.75. The van der Waals surface area contributed by atoms with Crippen LogP contribution >= 0.6 is 11.6 Å². The monoisotopic (exact) mass is 185 g/mol. The number of hydrogen-bond acceptors (Lipinski definition) is 2. The zero-order valence-electron chi connectivity index (χ0n) is 6.92. The van der Waals surface area contributed by atoms with Crippen LogP contribution in [0, 0.1) is 0 Å². The minimum atomic E-state index is 0.0588. The lowest BCUT2D eigenvalue weighted by Gasteiger charge is -2.11. The van der Waals surface area contributed by atoms with Crippen LogP contribution in [0.4, 0.5) is 5.69 Å². The molecule has 2 N–H and O–H groups in total. The summed E-state index contributed by atoms with van der Waals surface area (Å²) in [5, 5.41) is 12.6. The Morgan fingerprint density at radius 3 is 2.92 bits per heavy atom. The maximum absolute atomic E-state index is 8.77. The van der Waals surface area contributed by atoms with Crippen molar-refractivity contribution in [1.82, 2.24) is 0 Å². The molecule has 1 aromatic carbocycles. The van der Waals surface area contributed by atoms with Gasteiger partial charge in [-0.15, -0.1) is 0 Å². The average molecular weight is 186 g/mol. The van der Waals surface area contributed by atoms with Crippen molar-refractivity contribution in [2.45, 2.75) is 13.0 Å². The van der Waals surface area contributed by atoms with Crippen LogP contribution in [0.1, 0.15) is 6.92 Å². The maximum atomic E-state index is 8.77. The highest BCUT2D eigenvalue weighted by Crippen LogP contribution is 2.15. The molecule has 0 aliphatic rings. The minimum absolute atomic E-state index is 0.0588. The fraction of sp³-hybridized carbons (Fsp3) is 0.333. The molecule has 1 aromatic rings. The van der Waals surface area contributed by atoms with E-state index in [2.05, 4.69) is 5.32 Å². The molecule has 0 saturated carbocycles. The Kier molecular flexibility index (Phi) is 3.38. The van der Waals surface area contributed by atoms with Crippen molar-refractivity contribution in [3.05, 3.63) is 29.3 Å². The Hall–Kier alpha value is -0.730. The summed E-state index contributed by atoms with van der Waals surface area (Å²) in [5.74, 6) is 0. The van der Waals surface area contributed by atoms with Gasteiger partial charge >= 0.3 is 0 Å². The minimum Gasteiger partial charge on any atom is -0.394 e. The van der Waals surface area contributed by atoms with Gasteiger partial charge in [-0.25, -0.2) is 0 Å². The van der Waals surface area contributed by atoms with Gasteiger partial charge in [0.1, 0.15) is 0 Å². The molecule has 66 valence electrons. The normalized spacial score (nSPS) is 12.6. The summed E-state index contributed by atoms with van der Waals surface area (Å²) >= 11 is 5.77. The largest absolute Gasteiger partial charge is 0.394 e. The molecule has 0 amide bonds.